The second-order valence-electron chi connectivity index (χ2n) is 6.62. The highest BCUT2D eigenvalue weighted by Gasteiger charge is 2.36. The Bertz CT molecular complexity index is 669. The summed E-state index contributed by atoms with van der Waals surface area (Å²) in [5, 5.41) is 3.62. The van der Waals surface area contributed by atoms with Crippen molar-refractivity contribution in [3.8, 4) is 11.3 Å². The SMILES string of the molecule is CN(C(=O)c1ccc(-c2cnco2)cc1)C1CC2CCC(C1)N2. The van der Waals surface area contributed by atoms with Crippen LogP contribution in [0.3, 0.4) is 0 Å². The van der Waals surface area contributed by atoms with Crippen molar-refractivity contribution in [1.82, 2.24) is 15.2 Å². The smallest absolute Gasteiger partial charge is 0.253 e. The standard InChI is InChI=1S/C18H21N3O2/c1-21(16-8-14-6-7-15(9-16)20-14)18(22)13-4-2-12(3-5-13)17-10-19-11-23-17/h2-5,10-11,14-16,20H,6-9H2,1H3. The first kappa shape index (κ1) is 14.5. The third-order valence-corrected chi connectivity index (χ3v) is 5.16. The van der Waals surface area contributed by atoms with Crippen molar-refractivity contribution < 1.29 is 9.21 Å². The number of carbonyl (C=O) groups excluding carboxylic acids is 1. The molecule has 0 saturated carbocycles. The Kier molecular flexibility index (Phi) is 3.65. The summed E-state index contributed by atoms with van der Waals surface area (Å²) in [4.78, 5) is 18.6. The molecule has 1 amide bonds. The average molecular weight is 311 g/mol. The van der Waals surface area contributed by atoms with Crippen molar-refractivity contribution in [3.05, 3.63) is 42.4 Å². The molecule has 2 bridgehead atoms. The van der Waals surface area contributed by atoms with Gasteiger partial charge in [0.25, 0.3) is 5.91 Å². The number of nitrogens with one attached hydrogen (secondary N) is 1. The molecule has 0 aliphatic carbocycles. The molecule has 5 nitrogen and oxygen atoms in total. The molecule has 0 spiro atoms. The van der Waals surface area contributed by atoms with Gasteiger partial charge >= 0.3 is 0 Å². The zero-order valence-corrected chi connectivity index (χ0v) is 13.2. The molecule has 23 heavy (non-hydrogen) atoms. The van der Waals surface area contributed by atoms with Gasteiger partial charge in [0, 0.05) is 36.3 Å². The van der Waals surface area contributed by atoms with E-state index in [1.165, 1.54) is 19.2 Å². The Labute approximate surface area is 135 Å². The van der Waals surface area contributed by atoms with Gasteiger partial charge in [0.1, 0.15) is 0 Å². The monoisotopic (exact) mass is 311 g/mol. The second-order valence-corrected chi connectivity index (χ2v) is 6.62. The van der Waals surface area contributed by atoms with E-state index >= 15 is 0 Å². The third-order valence-electron chi connectivity index (χ3n) is 5.16. The van der Waals surface area contributed by atoms with Crippen molar-refractivity contribution >= 4 is 5.91 Å². The van der Waals surface area contributed by atoms with Gasteiger partial charge in [-0.05, 0) is 37.8 Å². The lowest BCUT2D eigenvalue weighted by Crippen LogP contribution is -2.48. The van der Waals surface area contributed by atoms with Gasteiger partial charge in [0.2, 0.25) is 0 Å². The van der Waals surface area contributed by atoms with Crippen molar-refractivity contribution in [1.29, 1.82) is 0 Å². The van der Waals surface area contributed by atoms with Crippen LogP contribution in [0.4, 0.5) is 0 Å². The highest BCUT2D eigenvalue weighted by atomic mass is 16.3. The first-order valence-electron chi connectivity index (χ1n) is 8.23. The molecule has 4 rings (SSSR count). The number of piperidine rings is 1. The third kappa shape index (κ3) is 2.77. The molecule has 2 aliphatic rings. The van der Waals surface area contributed by atoms with Crippen LogP contribution in [0, 0.1) is 0 Å². The summed E-state index contributed by atoms with van der Waals surface area (Å²) in [7, 11) is 1.93. The summed E-state index contributed by atoms with van der Waals surface area (Å²) < 4.78 is 5.28. The van der Waals surface area contributed by atoms with Crippen LogP contribution in [-0.4, -0.2) is 41.0 Å². The Hall–Kier alpha value is -2.14. The van der Waals surface area contributed by atoms with Gasteiger partial charge in [-0.3, -0.25) is 4.79 Å². The van der Waals surface area contributed by atoms with Crippen molar-refractivity contribution in [2.45, 2.75) is 43.8 Å². The van der Waals surface area contributed by atoms with Gasteiger partial charge in [0.05, 0.1) is 6.20 Å². The molecule has 5 heteroatoms. The van der Waals surface area contributed by atoms with Gasteiger partial charge in [-0.15, -0.1) is 0 Å². The molecule has 2 unspecified atom stereocenters. The zero-order valence-electron chi connectivity index (χ0n) is 13.2. The van der Waals surface area contributed by atoms with E-state index in [-0.39, 0.29) is 5.91 Å². The number of rotatable bonds is 3. The minimum Gasteiger partial charge on any atom is -0.444 e. The zero-order chi connectivity index (χ0) is 15.8. The Balaban J connectivity index is 1.48. The molecule has 3 heterocycles. The molecular formula is C18H21N3O2. The van der Waals surface area contributed by atoms with Crippen molar-refractivity contribution in [3.63, 3.8) is 0 Å². The molecule has 1 aromatic heterocycles. The molecular weight excluding hydrogens is 290 g/mol. The van der Waals surface area contributed by atoms with Crippen LogP contribution >= 0.6 is 0 Å². The van der Waals surface area contributed by atoms with Gasteiger partial charge in [-0.25, -0.2) is 4.98 Å². The molecule has 2 saturated heterocycles. The molecule has 120 valence electrons. The summed E-state index contributed by atoms with van der Waals surface area (Å²) in [5.74, 6) is 0.813. The van der Waals surface area contributed by atoms with Gasteiger partial charge in [0.15, 0.2) is 12.2 Å². The summed E-state index contributed by atoms with van der Waals surface area (Å²) in [6.07, 6.45) is 7.70. The molecule has 1 N–H and O–H groups in total. The Morgan fingerprint density at radius 2 is 1.91 bits per heavy atom. The quantitative estimate of drug-likeness (QED) is 0.947. The maximum atomic E-state index is 12.7. The van der Waals surface area contributed by atoms with Crippen LogP contribution in [0.5, 0.6) is 0 Å². The lowest BCUT2D eigenvalue weighted by Gasteiger charge is -2.35. The average Bonchev–Trinajstić information content (AvgIpc) is 3.23. The number of benzene rings is 1. The van der Waals surface area contributed by atoms with Gasteiger partial charge in [-0.1, -0.05) is 12.1 Å². The summed E-state index contributed by atoms with van der Waals surface area (Å²) >= 11 is 0. The fourth-order valence-corrected chi connectivity index (χ4v) is 3.85. The Morgan fingerprint density at radius 1 is 1.22 bits per heavy atom. The van der Waals surface area contributed by atoms with Crippen molar-refractivity contribution in [2.75, 3.05) is 7.05 Å². The van der Waals surface area contributed by atoms with Gasteiger partial charge in [-0.2, -0.15) is 0 Å². The first-order valence-corrected chi connectivity index (χ1v) is 8.23. The minimum absolute atomic E-state index is 0.0976. The number of hydrogen-bond donors (Lipinski definition) is 1. The normalized spacial score (nSPS) is 26.2. The lowest BCUT2D eigenvalue weighted by molar-refractivity contribution is 0.0681. The van der Waals surface area contributed by atoms with Crippen LogP contribution in [-0.2, 0) is 0 Å². The topological polar surface area (TPSA) is 58.4 Å². The van der Waals surface area contributed by atoms with Crippen LogP contribution in [0.15, 0.2) is 41.3 Å². The van der Waals surface area contributed by atoms with Crippen LogP contribution in [0.25, 0.3) is 11.3 Å². The van der Waals surface area contributed by atoms with Gasteiger partial charge < -0.3 is 14.6 Å². The van der Waals surface area contributed by atoms with E-state index in [1.54, 1.807) is 6.20 Å². The summed E-state index contributed by atoms with van der Waals surface area (Å²) in [5.41, 5.74) is 1.66. The Morgan fingerprint density at radius 3 is 2.52 bits per heavy atom. The van der Waals surface area contributed by atoms with Crippen LogP contribution < -0.4 is 5.32 Å². The van der Waals surface area contributed by atoms with E-state index < -0.39 is 0 Å². The molecule has 2 fully saturated rings. The molecule has 2 aliphatic heterocycles. The van der Waals surface area contributed by atoms with E-state index in [4.69, 9.17) is 4.42 Å². The largest absolute Gasteiger partial charge is 0.444 e. The number of nitrogens with zero attached hydrogens (tertiary/aromatic N) is 2. The predicted molar refractivity (Wildman–Crippen MR) is 87.0 cm³/mol. The number of carbonyl (C=O) groups is 1. The number of oxazole rings is 1. The minimum atomic E-state index is 0.0976. The first-order chi connectivity index (χ1) is 11.2. The maximum absolute atomic E-state index is 12.7. The van der Waals surface area contributed by atoms with Crippen molar-refractivity contribution in [2.24, 2.45) is 0 Å². The van der Waals surface area contributed by atoms with E-state index in [0.29, 0.717) is 23.9 Å². The molecule has 0 radical (unpaired) electrons. The predicted octanol–water partition coefficient (Wildman–Crippen LogP) is 2.70. The van der Waals surface area contributed by atoms with E-state index in [1.807, 2.05) is 36.2 Å². The number of amides is 1. The van der Waals surface area contributed by atoms with E-state index in [9.17, 15) is 4.79 Å². The number of fused-ring (bicyclic) bond motifs is 2. The fourth-order valence-electron chi connectivity index (χ4n) is 3.85. The fraction of sp³-hybridized carbons (Fsp3) is 0.444. The summed E-state index contributed by atoms with van der Waals surface area (Å²) in [6, 6.07) is 9.07. The number of aromatic nitrogens is 1. The molecule has 2 aromatic rings. The maximum Gasteiger partial charge on any atom is 0.253 e. The van der Waals surface area contributed by atoms with E-state index in [0.717, 1.165) is 24.0 Å². The van der Waals surface area contributed by atoms with E-state index in [2.05, 4.69) is 10.3 Å². The molecule has 2 atom stereocenters. The lowest BCUT2D eigenvalue weighted by atomic mass is 9.98. The number of hydrogen-bond acceptors (Lipinski definition) is 4. The van der Waals surface area contributed by atoms with Crippen LogP contribution in [0.1, 0.15) is 36.0 Å². The second kappa shape index (κ2) is 5.81. The molecule has 1 aromatic carbocycles. The highest BCUT2D eigenvalue weighted by Crippen LogP contribution is 2.30. The summed E-state index contributed by atoms with van der Waals surface area (Å²) in [6.45, 7) is 0. The highest BCUT2D eigenvalue weighted by molar-refractivity contribution is 5.94. The van der Waals surface area contributed by atoms with Crippen LogP contribution in [0.2, 0.25) is 0 Å².